The minimum Gasteiger partial charge on any atom is -0.416 e. The molecular formula is C17H21F3N6O. The molecule has 0 aromatic carbocycles. The number of hydrogen-bond donors (Lipinski definition) is 0. The van der Waals surface area contributed by atoms with Crippen molar-refractivity contribution in [1.29, 1.82) is 0 Å². The van der Waals surface area contributed by atoms with Gasteiger partial charge >= 0.3 is 12.1 Å². The van der Waals surface area contributed by atoms with Crippen LogP contribution in [0.25, 0.3) is 0 Å². The fourth-order valence-corrected chi connectivity index (χ4v) is 3.59. The van der Waals surface area contributed by atoms with Gasteiger partial charge in [-0.15, -0.1) is 10.2 Å². The van der Waals surface area contributed by atoms with Gasteiger partial charge in [-0.05, 0) is 32.6 Å². The summed E-state index contributed by atoms with van der Waals surface area (Å²) in [6.45, 7) is 3.73. The van der Waals surface area contributed by atoms with E-state index in [2.05, 4.69) is 30.0 Å². The van der Waals surface area contributed by atoms with Crippen molar-refractivity contribution in [3.8, 4) is 0 Å². The van der Waals surface area contributed by atoms with Gasteiger partial charge in [0.05, 0.1) is 6.54 Å². The maximum absolute atomic E-state index is 12.6. The molecule has 7 nitrogen and oxygen atoms in total. The fourth-order valence-electron chi connectivity index (χ4n) is 3.59. The van der Waals surface area contributed by atoms with Crippen LogP contribution in [0.2, 0.25) is 0 Å². The molecule has 0 bridgehead atoms. The molecule has 0 N–H and O–H groups in total. The van der Waals surface area contributed by atoms with Crippen molar-refractivity contribution in [2.24, 2.45) is 0 Å². The predicted molar refractivity (Wildman–Crippen MR) is 89.9 cm³/mol. The van der Waals surface area contributed by atoms with Crippen molar-refractivity contribution in [2.75, 3.05) is 18.0 Å². The molecule has 0 atom stereocenters. The summed E-state index contributed by atoms with van der Waals surface area (Å²) in [5.74, 6) is -0.312. The van der Waals surface area contributed by atoms with Crippen LogP contribution in [0.15, 0.2) is 16.8 Å². The standard InChI is InChI=1S/C17H21F3N6O/c1-11-8-14(22-10-21-11)26(12-2-3-12)13-4-6-25(7-5-13)9-15-23-24-16(27-15)17(18,19)20/h8,10,12-13H,2-7,9H2,1H3. The number of piperidine rings is 1. The van der Waals surface area contributed by atoms with Gasteiger partial charge in [-0.25, -0.2) is 9.97 Å². The van der Waals surface area contributed by atoms with E-state index in [4.69, 9.17) is 4.42 Å². The molecule has 0 amide bonds. The first-order chi connectivity index (χ1) is 12.9. The zero-order valence-corrected chi connectivity index (χ0v) is 15.0. The molecule has 2 fully saturated rings. The average Bonchev–Trinajstić information content (AvgIpc) is 3.33. The summed E-state index contributed by atoms with van der Waals surface area (Å²) < 4.78 is 42.4. The molecule has 27 heavy (non-hydrogen) atoms. The summed E-state index contributed by atoms with van der Waals surface area (Å²) in [6.07, 6.45) is 1.18. The molecule has 2 aliphatic rings. The Bertz CT molecular complexity index is 783. The molecule has 4 rings (SSSR count). The molecule has 0 radical (unpaired) electrons. The van der Waals surface area contributed by atoms with Crippen molar-refractivity contribution in [1.82, 2.24) is 25.1 Å². The molecule has 146 valence electrons. The molecule has 1 aliphatic carbocycles. The number of anilines is 1. The van der Waals surface area contributed by atoms with E-state index in [1.165, 1.54) is 12.8 Å². The van der Waals surface area contributed by atoms with Crippen molar-refractivity contribution >= 4 is 5.82 Å². The first-order valence-corrected chi connectivity index (χ1v) is 9.09. The minimum absolute atomic E-state index is 0.00579. The lowest BCUT2D eigenvalue weighted by Gasteiger charge is -2.39. The number of hydrogen-bond acceptors (Lipinski definition) is 7. The minimum atomic E-state index is -4.60. The topological polar surface area (TPSA) is 71.2 Å². The van der Waals surface area contributed by atoms with Crippen LogP contribution in [0.1, 0.15) is 43.2 Å². The van der Waals surface area contributed by atoms with Crippen LogP contribution < -0.4 is 4.90 Å². The van der Waals surface area contributed by atoms with Crippen molar-refractivity contribution < 1.29 is 17.6 Å². The number of aryl methyl sites for hydroxylation is 1. The Morgan fingerprint density at radius 3 is 2.41 bits per heavy atom. The highest BCUT2D eigenvalue weighted by Gasteiger charge is 2.39. The van der Waals surface area contributed by atoms with Gasteiger partial charge in [0, 0.05) is 36.9 Å². The van der Waals surface area contributed by atoms with E-state index in [0.29, 0.717) is 12.1 Å². The second-order valence-corrected chi connectivity index (χ2v) is 7.16. The van der Waals surface area contributed by atoms with Crippen LogP contribution in [0.3, 0.4) is 0 Å². The molecule has 0 unspecified atom stereocenters. The normalized spacial score (nSPS) is 19.4. The molecule has 1 saturated carbocycles. The summed E-state index contributed by atoms with van der Waals surface area (Å²) >= 11 is 0. The highest BCUT2D eigenvalue weighted by atomic mass is 19.4. The summed E-state index contributed by atoms with van der Waals surface area (Å²) in [4.78, 5) is 13.1. The average molecular weight is 382 g/mol. The third-order valence-corrected chi connectivity index (χ3v) is 5.01. The zero-order valence-electron chi connectivity index (χ0n) is 15.0. The fraction of sp³-hybridized carbons (Fsp3) is 0.647. The third kappa shape index (κ3) is 4.20. The summed E-state index contributed by atoms with van der Waals surface area (Å²) in [5, 5.41) is 6.61. The van der Waals surface area contributed by atoms with Gasteiger partial charge in [-0.3, -0.25) is 4.90 Å². The summed E-state index contributed by atoms with van der Waals surface area (Å²) in [5.41, 5.74) is 0.944. The van der Waals surface area contributed by atoms with Crippen LogP contribution in [-0.4, -0.2) is 50.2 Å². The van der Waals surface area contributed by atoms with E-state index >= 15 is 0 Å². The number of halogens is 3. The molecular weight excluding hydrogens is 361 g/mol. The van der Waals surface area contributed by atoms with Crippen molar-refractivity contribution in [2.45, 2.75) is 57.4 Å². The first-order valence-electron chi connectivity index (χ1n) is 9.09. The number of likely N-dealkylation sites (tertiary alicyclic amines) is 1. The van der Waals surface area contributed by atoms with E-state index in [-0.39, 0.29) is 12.4 Å². The number of nitrogens with zero attached hydrogens (tertiary/aromatic N) is 6. The van der Waals surface area contributed by atoms with Gasteiger partial charge in [0.1, 0.15) is 12.1 Å². The third-order valence-electron chi connectivity index (χ3n) is 5.01. The lowest BCUT2D eigenvalue weighted by Crippen LogP contribution is -2.46. The Hall–Kier alpha value is -2.23. The molecule has 10 heteroatoms. The summed E-state index contributed by atoms with van der Waals surface area (Å²) in [6, 6.07) is 2.92. The largest absolute Gasteiger partial charge is 0.470 e. The van der Waals surface area contributed by atoms with Gasteiger partial charge in [0.15, 0.2) is 0 Å². The van der Waals surface area contributed by atoms with E-state index in [0.717, 1.165) is 37.4 Å². The van der Waals surface area contributed by atoms with Crippen LogP contribution in [0.5, 0.6) is 0 Å². The van der Waals surface area contributed by atoms with Crippen molar-refractivity contribution in [3.05, 3.63) is 29.9 Å². The van der Waals surface area contributed by atoms with Gasteiger partial charge in [0.2, 0.25) is 5.89 Å². The first kappa shape index (κ1) is 18.1. The molecule has 1 aliphatic heterocycles. The maximum atomic E-state index is 12.6. The predicted octanol–water partition coefficient (Wildman–Crippen LogP) is 2.82. The van der Waals surface area contributed by atoms with E-state index in [9.17, 15) is 13.2 Å². The Labute approximate surface area is 154 Å². The molecule has 0 spiro atoms. The van der Waals surface area contributed by atoms with Gasteiger partial charge in [-0.2, -0.15) is 13.2 Å². The van der Waals surface area contributed by atoms with Gasteiger partial charge in [-0.1, -0.05) is 0 Å². The van der Waals surface area contributed by atoms with Crippen molar-refractivity contribution in [3.63, 3.8) is 0 Å². The highest BCUT2D eigenvalue weighted by molar-refractivity contribution is 5.43. The number of alkyl halides is 3. The van der Waals surface area contributed by atoms with E-state index < -0.39 is 12.1 Å². The van der Waals surface area contributed by atoms with Crippen LogP contribution in [0, 0.1) is 6.92 Å². The van der Waals surface area contributed by atoms with E-state index in [1.807, 2.05) is 13.0 Å². The van der Waals surface area contributed by atoms with Gasteiger partial charge in [0.25, 0.3) is 0 Å². The smallest absolute Gasteiger partial charge is 0.416 e. The summed E-state index contributed by atoms with van der Waals surface area (Å²) in [7, 11) is 0. The SMILES string of the molecule is Cc1cc(N(C2CC2)C2CCN(Cc3nnc(C(F)(F)F)o3)CC2)ncn1. The Balaban J connectivity index is 1.37. The lowest BCUT2D eigenvalue weighted by atomic mass is 10.0. The lowest BCUT2D eigenvalue weighted by molar-refractivity contribution is -0.157. The molecule has 1 saturated heterocycles. The molecule has 2 aromatic rings. The second kappa shape index (κ2) is 7.06. The van der Waals surface area contributed by atoms with E-state index in [1.54, 1.807) is 6.33 Å². The molecule has 2 aromatic heterocycles. The number of rotatable bonds is 5. The van der Waals surface area contributed by atoms with Crippen LogP contribution in [0.4, 0.5) is 19.0 Å². The van der Waals surface area contributed by atoms with Gasteiger partial charge < -0.3 is 9.32 Å². The Morgan fingerprint density at radius 2 is 1.81 bits per heavy atom. The molecule has 3 heterocycles. The Morgan fingerprint density at radius 1 is 1.11 bits per heavy atom. The quantitative estimate of drug-likeness (QED) is 0.787. The van der Waals surface area contributed by atoms with Crippen LogP contribution in [-0.2, 0) is 12.7 Å². The Kier molecular flexibility index (Phi) is 4.75. The monoisotopic (exact) mass is 382 g/mol. The highest BCUT2D eigenvalue weighted by Crippen LogP contribution is 2.35. The second-order valence-electron chi connectivity index (χ2n) is 7.16. The van der Waals surface area contributed by atoms with Crippen LogP contribution >= 0.6 is 0 Å². The number of aromatic nitrogens is 4. The maximum Gasteiger partial charge on any atom is 0.470 e. The zero-order chi connectivity index (χ0) is 19.0.